The number of Topliss-reactive ketones (excluding diaryl/α,β-unsaturated/α-hetero) is 1. The van der Waals surface area contributed by atoms with E-state index in [0.717, 1.165) is 24.5 Å². The molecule has 0 radical (unpaired) electrons. The van der Waals surface area contributed by atoms with Gasteiger partial charge in [-0.15, -0.1) is 0 Å². The van der Waals surface area contributed by atoms with Crippen LogP contribution in [-0.2, 0) is 4.79 Å². The topological polar surface area (TPSA) is 35.5 Å². The van der Waals surface area contributed by atoms with Gasteiger partial charge in [0.05, 0.1) is 0 Å². The number of hydrogen-bond acceptors (Lipinski definition) is 3. The van der Waals surface area contributed by atoms with Crippen LogP contribution in [0, 0.1) is 11.8 Å². The molecule has 1 saturated carbocycles. The second-order valence-electron chi connectivity index (χ2n) is 5.89. The fourth-order valence-corrected chi connectivity index (χ4v) is 3.28. The molecule has 0 saturated heterocycles. The van der Waals surface area contributed by atoms with Gasteiger partial charge in [0.25, 0.3) is 0 Å². The normalized spacial score (nSPS) is 28.9. The zero-order valence-corrected chi connectivity index (χ0v) is 12.0. The van der Waals surface area contributed by atoms with Gasteiger partial charge in [-0.3, -0.25) is 4.79 Å². The molecule has 0 spiro atoms. The van der Waals surface area contributed by atoms with Crippen LogP contribution in [0.5, 0.6) is 11.5 Å². The summed E-state index contributed by atoms with van der Waals surface area (Å²) < 4.78 is 11.5. The van der Waals surface area contributed by atoms with E-state index in [9.17, 15) is 4.79 Å². The van der Waals surface area contributed by atoms with Gasteiger partial charge in [-0.25, -0.2) is 0 Å². The van der Waals surface area contributed by atoms with Crippen molar-refractivity contribution < 1.29 is 14.3 Å². The first-order valence-electron chi connectivity index (χ1n) is 7.70. The third-order valence-electron chi connectivity index (χ3n) is 4.65. The molecule has 3 rings (SSSR count). The van der Waals surface area contributed by atoms with Crippen molar-refractivity contribution in [3.63, 3.8) is 0 Å². The predicted octanol–water partition coefficient (Wildman–Crippen LogP) is 3.61. The smallest absolute Gasteiger partial charge is 0.191 e. The Hall–Kier alpha value is -1.51. The molecule has 0 amide bonds. The van der Waals surface area contributed by atoms with E-state index in [-0.39, 0.29) is 11.7 Å². The van der Waals surface area contributed by atoms with Crippen molar-refractivity contribution in [2.45, 2.75) is 45.1 Å². The van der Waals surface area contributed by atoms with Crippen LogP contribution in [0.25, 0.3) is 0 Å². The molecule has 108 valence electrons. The molecule has 1 aromatic rings. The third-order valence-corrected chi connectivity index (χ3v) is 4.65. The van der Waals surface area contributed by atoms with Gasteiger partial charge >= 0.3 is 0 Å². The van der Waals surface area contributed by atoms with Gasteiger partial charge < -0.3 is 9.47 Å². The van der Waals surface area contributed by atoms with Gasteiger partial charge in [-0.05, 0) is 43.7 Å². The van der Waals surface area contributed by atoms with Crippen molar-refractivity contribution >= 4 is 5.78 Å². The average molecular weight is 274 g/mol. The summed E-state index contributed by atoms with van der Waals surface area (Å²) in [6.07, 6.45) is 5.19. The number of ketones is 1. The van der Waals surface area contributed by atoms with Gasteiger partial charge in [0, 0.05) is 5.92 Å². The molecule has 3 nitrogen and oxygen atoms in total. The summed E-state index contributed by atoms with van der Waals surface area (Å²) in [5, 5.41) is 0. The van der Waals surface area contributed by atoms with Crippen molar-refractivity contribution in [2.24, 2.45) is 11.8 Å². The second kappa shape index (κ2) is 5.86. The van der Waals surface area contributed by atoms with Gasteiger partial charge in [-0.2, -0.15) is 0 Å². The van der Waals surface area contributed by atoms with Crippen molar-refractivity contribution in [1.82, 2.24) is 0 Å². The molecule has 1 heterocycles. The SMILES string of the molecule is CCC1CCC(C(=O)C2COc3ccccc3O2)CC1. The zero-order valence-electron chi connectivity index (χ0n) is 12.0. The second-order valence-corrected chi connectivity index (χ2v) is 5.89. The Morgan fingerprint density at radius 3 is 2.55 bits per heavy atom. The minimum atomic E-state index is -0.423. The van der Waals surface area contributed by atoms with E-state index < -0.39 is 6.10 Å². The highest BCUT2D eigenvalue weighted by molar-refractivity contribution is 5.86. The first-order chi connectivity index (χ1) is 9.78. The lowest BCUT2D eigenvalue weighted by atomic mass is 9.78. The highest BCUT2D eigenvalue weighted by Gasteiger charge is 2.34. The lowest BCUT2D eigenvalue weighted by Crippen LogP contribution is -2.41. The molecule has 1 unspecified atom stereocenters. The fraction of sp³-hybridized carbons (Fsp3) is 0.588. The molecule has 2 aliphatic rings. The number of benzene rings is 1. The van der Waals surface area contributed by atoms with E-state index in [1.54, 1.807) is 0 Å². The Bertz CT molecular complexity index is 475. The molecule has 1 fully saturated rings. The lowest BCUT2D eigenvalue weighted by molar-refractivity contribution is -0.133. The molecular weight excluding hydrogens is 252 g/mol. The quantitative estimate of drug-likeness (QED) is 0.844. The molecule has 1 atom stereocenters. The number of carbonyl (C=O) groups is 1. The fourth-order valence-electron chi connectivity index (χ4n) is 3.28. The maximum atomic E-state index is 12.6. The Morgan fingerprint density at radius 1 is 1.15 bits per heavy atom. The molecule has 1 aliphatic heterocycles. The first-order valence-corrected chi connectivity index (χ1v) is 7.70. The minimum absolute atomic E-state index is 0.164. The summed E-state index contributed by atoms with van der Waals surface area (Å²) in [4.78, 5) is 12.6. The van der Waals surface area contributed by atoms with Crippen LogP contribution in [0.3, 0.4) is 0 Å². The number of fused-ring (bicyclic) bond motifs is 1. The average Bonchev–Trinajstić information content (AvgIpc) is 2.54. The highest BCUT2D eigenvalue weighted by atomic mass is 16.6. The molecule has 0 bridgehead atoms. The molecule has 0 N–H and O–H groups in total. The van der Waals surface area contributed by atoms with Crippen molar-refractivity contribution in [2.75, 3.05) is 6.61 Å². The molecule has 3 heteroatoms. The molecule has 0 aromatic heterocycles. The summed E-state index contributed by atoms with van der Waals surface area (Å²) in [5.74, 6) is 2.64. The summed E-state index contributed by atoms with van der Waals surface area (Å²) in [7, 11) is 0. The Balaban J connectivity index is 1.62. The minimum Gasteiger partial charge on any atom is -0.485 e. The van der Waals surface area contributed by atoms with Crippen LogP contribution in [-0.4, -0.2) is 18.5 Å². The zero-order chi connectivity index (χ0) is 13.9. The van der Waals surface area contributed by atoms with Crippen LogP contribution in [0.2, 0.25) is 0 Å². The number of hydrogen-bond donors (Lipinski definition) is 0. The van der Waals surface area contributed by atoms with Gasteiger partial charge in [0.15, 0.2) is 23.4 Å². The van der Waals surface area contributed by atoms with Crippen LogP contribution < -0.4 is 9.47 Å². The third kappa shape index (κ3) is 2.67. The summed E-state index contributed by atoms with van der Waals surface area (Å²) in [6.45, 7) is 2.59. The van der Waals surface area contributed by atoms with E-state index in [1.807, 2.05) is 24.3 Å². The van der Waals surface area contributed by atoms with E-state index in [2.05, 4.69) is 6.92 Å². The first kappa shape index (κ1) is 13.5. The molecule has 20 heavy (non-hydrogen) atoms. The van der Waals surface area contributed by atoms with Gasteiger partial charge in [0.2, 0.25) is 0 Å². The van der Waals surface area contributed by atoms with Gasteiger partial charge in [-0.1, -0.05) is 25.5 Å². The van der Waals surface area contributed by atoms with Crippen molar-refractivity contribution in [3.05, 3.63) is 24.3 Å². The van der Waals surface area contributed by atoms with Gasteiger partial charge in [0.1, 0.15) is 6.61 Å². The van der Waals surface area contributed by atoms with Crippen LogP contribution >= 0.6 is 0 Å². The van der Waals surface area contributed by atoms with Crippen LogP contribution in [0.15, 0.2) is 24.3 Å². The number of ether oxygens (including phenoxy) is 2. The summed E-state index contributed by atoms with van der Waals surface area (Å²) in [5.41, 5.74) is 0. The van der Waals surface area contributed by atoms with E-state index in [0.29, 0.717) is 12.4 Å². The maximum absolute atomic E-state index is 12.6. The molecule has 1 aliphatic carbocycles. The number of para-hydroxylation sites is 2. The maximum Gasteiger partial charge on any atom is 0.191 e. The summed E-state index contributed by atoms with van der Waals surface area (Å²) in [6, 6.07) is 7.56. The van der Waals surface area contributed by atoms with Crippen molar-refractivity contribution in [3.8, 4) is 11.5 Å². The van der Waals surface area contributed by atoms with E-state index in [4.69, 9.17) is 9.47 Å². The van der Waals surface area contributed by atoms with Crippen molar-refractivity contribution in [1.29, 1.82) is 0 Å². The Morgan fingerprint density at radius 2 is 1.85 bits per heavy atom. The monoisotopic (exact) mass is 274 g/mol. The Labute approximate surface area is 120 Å². The highest BCUT2D eigenvalue weighted by Crippen LogP contribution is 2.35. The standard InChI is InChI=1S/C17H22O3/c1-2-12-7-9-13(10-8-12)17(18)16-11-19-14-5-3-4-6-15(14)20-16/h3-6,12-13,16H,2,7-11H2,1H3. The lowest BCUT2D eigenvalue weighted by Gasteiger charge is -2.31. The van der Waals surface area contributed by atoms with Crippen LogP contribution in [0.1, 0.15) is 39.0 Å². The number of rotatable bonds is 3. The van der Waals surface area contributed by atoms with E-state index >= 15 is 0 Å². The predicted molar refractivity (Wildman–Crippen MR) is 77.1 cm³/mol. The van der Waals surface area contributed by atoms with E-state index in [1.165, 1.54) is 19.3 Å². The summed E-state index contributed by atoms with van der Waals surface area (Å²) >= 11 is 0. The molecular formula is C17H22O3. The molecule has 1 aromatic carbocycles. The number of carbonyl (C=O) groups excluding carboxylic acids is 1. The largest absolute Gasteiger partial charge is 0.485 e. The Kier molecular flexibility index (Phi) is 3.95. The van der Waals surface area contributed by atoms with Crippen LogP contribution in [0.4, 0.5) is 0 Å².